The number of fused-ring (bicyclic) bond motifs is 1. The lowest BCUT2D eigenvalue weighted by Crippen LogP contribution is -1.98. The van der Waals surface area contributed by atoms with Crippen molar-refractivity contribution in [2.24, 2.45) is 0 Å². The van der Waals surface area contributed by atoms with Crippen molar-refractivity contribution in [3.8, 4) is 5.75 Å². The van der Waals surface area contributed by atoms with Gasteiger partial charge in [-0.25, -0.2) is 0 Å². The number of allylic oxidation sites excluding steroid dienone is 1. The van der Waals surface area contributed by atoms with Crippen LogP contribution in [0, 0.1) is 6.92 Å². The van der Waals surface area contributed by atoms with Gasteiger partial charge in [0.25, 0.3) is 0 Å². The van der Waals surface area contributed by atoms with Gasteiger partial charge in [0.1, 0.15) is 18.6 Å². The zero-order chi connectivity index (χ0) is 25.1. The first-order valence-corrected chi connectivity index (χ1v) is 12.2. The summed E-state index contributed by atoms with van der Waals surface area (Å²) in [5.41, 5.74) is 6.47. The molecule has 0 N–H and O–H groups in total. The van der Waals surface area contributed by atoms with E-state index in [9.17, 15) is 9.59 Å². The number of rotatable bonds is 6. The van der Waals surface area contributed by atoms with Gasteiger partial charge in [0.05, 0.1) is 0 Å². The lowest BCUT2D eigenvalue weighted by Gasteiger charge is -2.08. The average molecular weight is 477 g/mol. The minimum atomic E-state index is 0.0555. The maximum atomic E-state index is 12.8. The van der Waals surface area contributed by atoms with E-state index in [-0.39, 0.29) is 5.78 Å². The summed E-state index contributed by atoms with van der Waals surface area (Å²) in [4.78, 5) is 23.4. The summed E-state index contributed by atoms with van der Waals surface area (Å²) in [6, 6.07) is 19.2. The molecule has 3 aromatic rings. The number of ether oxygens (including phenoxy) is 1. The second-order valence-electron chi connectivity index (χ2n) is 7.53. The highest BCUT2D eigenvalue weighted by Crippen LogP contribution is 2.31. The number of Topliss-reactive ketones (excluding diaryl/α,β-unsaturated/α-hetero) is 1. The predicted octanol–water partition coefficient (Wildman–Crippen LogP) is 7.84. The fourth-order valence-corrected chi connectivity index (χ4v) is 3.98. The zero-order valence-corrected chi connectivity index (χ0v) is 21.4. The molecule has 0 amide bonds. The van der Waals surface area contributed by atoms with E-state index in [1.807, 2.05) is 101 Å². The SMILES string of the molecule is CC.CC.Cc1cc(Cl)cc(/C=C2\Cc3cc(OCc4ccc(CC=O)cc4)ccc3C2=O)c1. The molecule has 178 valence electrons. The molecule has 3 nitrogen and oxygen atoms in total. The first kappa shape index (κ1) is 27.1. The van der Waals surface area contributed by atoms with E-state index in [0.717, 1.165) is 51.0 Å². The number of hydrogen-bond donors (Lipinski definition) is 0. The minimum Gasteiger partial charge on any atom is -0.489 e. The highest BCUT2D eigenvalue weighted by atomic mass is 35.5. The molecule has 0 atom stereocenters. The van der Waals surface area contributed by atoms with Crippen LogP contribution in [0.2, 0.25) is 5.02 Å². The van der Waals surface area contributed by atoms with Crippen molar-refractivity contribution in [1.29, 1.82) is 0 Å². The van der Waals surface area contributed by atoms with Crippen LogP contribution < -0.4 is 4.74 Å². The van der Waals surface area contributed by atoms with Gasteiger partial charge < -0.3 is 9.53 Å². The summed E-state index contributed by atoms with van der Waals surface area (Å²) in [5.74, 6) is 0.790. The molecule has 0 unspecified atom stereocenters. The van der Waals surface area contributed by atoms with Crippen molar-refractivity contribution >= 4 is 29.7 Å². The molecular weight excluding hydrogens is 444 g/mol. The lowest BCUT2D eigenvalue weighted by atomic mass is 10.1. The van der Waals surface area contributed by atoms with Crippen LogP contribution >= 0.6 is 11.6 Å². The van der Waals surface area contributed by atoms with Gasteiger partial charge in [0, 0.05) is 29.0 Å². The topological polar surface area (TPSA) is 43.4 Å². The molecule has 1 aliphatic rings. The molecule has 0 saturated carbocycles. The van der Waals surface area contributed by atoms with Gasteiger partial charge in [0.15, 0.2) is 5.78 Å². The Labute approximate surface area is 208 Å². The van der Waals surface area contributed by atoms with E-state index >= 15 is 0 Å². The molecule has 0 saturated heterocycles. The van der Waals surface area contributed by atoms with Crippen LogP contribution in [0.1, 0.15) is 65.9 Å². The zero-order valence-electron chi connectivity index (χ0n) is 20.7. The molecule has 0 aliphatic heterocycles. The van der Waals surface area contributed by atoms with Crippen LogP contribution in [0.3, 0.4) is 0 Å². The van der Waals surface area contributed by atoms with Gasteiger partial charge in [0.2, 0.25) is 0 Å². The molecule has 4 heteroatoms. The third kappa shape index (κ3) is 7.16. The normalized spacial score (nSPS) is 12.8. The fourth-order valence-electron chi connectivity index (χ4n) is 3.69. The first-order chi connectivity index (χ1) is 16.5. The maximum absolute atomic E-state index is 12.8. The molecule has 0 heterocycles. The van der Waals surface area contributed by atoms with E-state index < -0.39 is 0 Å². The Morgan fingerprint density at radius 1 is 0.912 bits per heavy atom. The summed E-state index contributed by atoms with van der Waals surface area (Å²) < 4.78 is 5.92. The Hall–Kier alpha value is -3.17. The summed E-state index contributed by atoms with van der Waals surface area (Å²) in [7, 11) is 0. The highest BCUT2D eigenvalue weighted by Gasteiger charge is 2.25. The van der Waals surface area contributed by atoms with E-state index in [1.54, 1.807) is 0 Å². The monoisotopic (exact) mass is 476 g/mol. The molecule has 0 bridgehead atoms. The third-order valence-corrected chi connectivity index (χ3v) is 5.36. The van der Waals surface area contributed by atoms with Crippen molar-refractivity contribution in [2.75, 3.05) is 0 Å². The number of benzene rings is 3. The molecule has 0 spiro atoms. The molecule has 4 rings (SSSR count). The molecule has 3 aromatic carbocycles. The van der Waals surface area contributed by atoms with E-state index in [4.69, 9.17) is 16.3 Å². The Bertz CT molecular complexity index is 1120. The van der Waals surface area contributed by atoms with Crippen molar-refractivity contribution < 1.29 is 14.3 Å². The number of halogens is 1. The minimum absolute atomic E-state index is 0.0555. The summed E-state index contributed by atoms with van der Waals surface area (Å²) in [6.45, 7) is 10.4. The molecular formula is C30H33ClO3. The van der Waals surface area contributed by atoms with E-state index in [0.29, 0.717) is 24.5 Å². The number of hydrogen-bond acceptors (Lipinski definition) is 3. The molecule has 1 aliphatic carbocycles. The third-order valence-electron chi connectivity index (χ3n) is 5.15. The number of ketones is 1. The second kappa shape index (κ2) is 13.5. The van der Waals surface area contributed by atoms with Gasteiger partial charge in [-0.15, -0.1) is 0 Å². The van der Waals surface area contributed by atoms with Gasteiger partial charge in [-0.2, -0.15) is 0 Å². The maximum Gasteiger partial charge on any atom is 0.189 e. The van der Waals surface area contributed by atoms with Crippen molar-refractivity contribution in [2.45, 2.75) is 54.1 Å². The number of aldehydes is 1. The van der Waals surface area contributed by atoms with Gasteiger partial charge >= 0.3 is 0 Å². The fraction of sp³-hybridized carbons (Fsp3) is 0.267. The van der Waals surface area contributed by atoms with Crippen LogP contribution in [0.5, 0.6) is 5.75 Å². The Morgan fingerprint density at radius 3 is 2.24 bits per heavy atom. The number of carbonyl (C=O) groups is 2. The smallest absolute Gasteiger partial charge is 0.189 e. The summed E-state index contributed by atoms with van der Waals surface area (Å²) >= 11 is 6.15. The number of carbonyl (C=O) groups excluding carboxylic acids is 2. The van der Waals surface area contributed by atoms with Crippen LogP contribution in [0.25, 0.3) is 6.08 Å². The summed E-state index contributed by atoms with van der Waals surface area (Å²) in [6.07, 6.45) is 3.82. The van der Waals surface area contributed by atoms with Crippen LogP contribution in [-0.2, 0) is 24.2 Å². The quantitative estimate of drug-likeness (QED) is 0.269. The largest absolute Gasteiger partial charge is 0.489 e. The van der Waals surface area contributed by atoms with E-state index in [1.165, 1.54) is 0 Å². The van der Waals surface area contributed by atoms with Crippen molar-refractivity contribution in [1.82, 2.24) is 0 Å². The molecule has 0 fully saturated rings. The first-order valence-electron chi connectivity index (χ1n) is 11.8. The molecule has 34 heavy (non-hydrogen) atoms. The molecule has 0 radical (unpaired) electrons. The van der Waals surface area contributed by atoms with Gasteiger partial charge in [-0.1, -0.05) is 69.6 Å². The predicted molar refractivity (Wildman–Crippen MR) is 142 cm³/mol. The van der Waals surface area contributed by atoms with Gasteiger partial charge in [-0.3, -0.25) is 4.79 Å². The van der Waals surface area contributed by atoms with E-state index in [2.05, 4.69) is 0 Å². The summed E-state index contributed by atoms with van der Waals surface area (Å²) in [5, 5.41) is 0.666. The Balaban J connectivity index is 0.000000970. The highest BCUT2D eigenvalue weighted by molar-refractivity contribution is 6.30. The van der Waals surface area contributed by atoms with Crippen molar-refractivity contribution in [3.63, 3.8) is 0 Å². The van der Waals surface area contributed by atoms with Crippen LogP contribution in [-0.4, -0.2) is 12.1 Å². The lowest BCUT2D eigenvalue weighted by molar-refractivity contribution is -0.107. The Kier molecular flexibility index (Phi) is 10.8. The van der Waals surface area contributed by atoms with Crippen molar-refractivity contribution in [3.05, 3.63) is 105 Å². The second-order valence-corrected chi connectivity index (χ2v) is 7.97. The van der Waals surface area contributed by atoms with Crippen LogP contribution in [0.4, 0.5) is 0 Å². The standard InChI is InChI=1S/C26H21ClO3.2C2H6/c1-17-10-20(13-23(27)11-17)12-22-14-21-15-24(6-7-25(21)26(22)29)30-16-19-4-2-18(3-5-19)8-9-28;2*1-2/h2-7,9-13,15H,8,14,16H2,1H3;2*1-2H3/b22-12+;;. The van der Waals surface area contributed by atoms with Gasteiger partial charge in [-0.05, 0) is 71.1 Å². The Morgan fingerprint density at radius 2 is 1.59 bits per heavy atom. The number of aryl methyl sites for hydroxylation is 1. The molecule has 0 aromatic heterocycles. The van der Waals surface area contributed by atoms with Crippen LogP contribution in [0.15, 0.2) is 66.2 Å². The average Bonchev–Trinajstić information content (AvgIpc) is 3.15.